The Morgan fingerprint density at radius 3 is 1.48 bits per heavy atom. The molecule has 0 bridgehead atoms. The molecule has 1 heterocycles. The summed E-state index contributed by atoms with van der Waals surface area (Å²) in [6.45, 7) is 0. The average Bonchev–Trinajstić information content (AvgIpc) is 3.75. The molecule has 2 heteroatoms. The predicted octanol–water partition coefficient (Wildman–Crippen LogP) is 17.7. The zero-order valence-electron chi connectivity index (χ0n) is 35.0. The van der Waals surface area contributed by atoms with Gasteiger partial charge >= 0.3 is 0 Å². The first-order valence-corrected chi connectivity index (χ1v) is 21.9. The molecule has 0 unspecified atom stereocenters. The van der Waals surface area contributed by atoms with Gasteiger partial charge in [-0.3, -0.25) is 0 Å². The third-order valence-corrected chi connectivity index (χ3v) is 12.7. The molecule has 0 aliphatic carbocycles. The van der Waals surface area contributed by atoms with Gasteiger partial charge in [0.1, 0.15) is 11.2 Å². The van der Waals surface area contributed by atoms with Crippen LogP contribution in [0.2, 0.25) is 0 Å². The maximum atomic E-state index is 6.31. The second-order valence-corrected chi connectivity index (χ2v) is 16.4. The Morgan fingerprint density at radius 2 is 0.766 bits per heavy atom. The van der Waals surface area contributed by atoms with Gasteiger partial charge in [0.2, 0.25) is 0 Å². The third kappa shape index (κ3) is 6.61. The molecule has 0 aliphatic heterocycles. The van der Waals surface area contributed by atoms with Crippen molar-refractivity contribution in [2.45, 2.75) is 0 Å². The first-order chi connectivity index (χ1) is 31.7. The number of nitrogens with zero attached hydrogens (tertiary/aromatic N) is 1. The Balaban J connectivity index is 1.02. The minimum Gasteiger partial charge on any atom is -0.456 e. The van der Waals surface area contributed by atoms with E-state index in [0.717, 1.165) is 55.7 Å². The molecule has 0 aliphatic rings. The lowest BCUT2D eigenvalue weighted by Crippen LogP contribution is -2.12. The quantitative estimate of drug-likeness (QED) is 0.142. The van der Waals surface area contributed by atoms with Gasteiger partial charge in [-0.05, 0) is 126 Å². The topological polar surface area (TPSA) is 16.4 Å². The van der Waals surface area contributed by atoms with E-state index in [9.17, 15) is 0 Å². The van der Waals surface area contributed by atoms with Gasteiger partial charge in [0, 0.05) is 27.7 Å². The molecule has 12 rings (SSSR count). The van der Waals surface area contributed by atoms with Crippen molar-refractivity contribution in [1.29, 1.82) is 0 Å². The van der Waals surface area contributed by atoms with Gasteiger partial charge in [-0.1, -0.05) is 194 Å². The zero-order valence-corrected chi connectivity index (χ0v) is 35.0. The van der Waals surface area contributed by atoms with Crippen LogP contribution in [0.1, 0.15) is 0 Å². The largest absolute Gasteiger partial charge is 0.456 e. The molecule has 12 aromatic rings. The van der Waals surface area contributed by atoms with Crippen molar-refractivity contribution in [3.63, 3.8) is 0 Å². The fourth-order valence-electron chi connectivity index (χ4n) is 9.57. The molecule has 0 saturated carbocycles. The highest BCUT2D eigenvalue weighted by Crippen LogP contribution is 2.48. The number of furan rings is 1. The fraction of sp³-hybridized carbons (Fsp3) is 0. The van der Waals surface area contributed by atoms with Gasteiger partial charge < -0.3 is 9.32 Å². The van der Waals surface area contributed by atoms with E-state index in [1.165, 1.54) is 60.5 Å². The van der Waals surface area contributed by atoms with Crippen molar-refractivity contribution < 1.29 is 4.42 Å². The number of anilines is 3. The van der Waals surface area contributed by atoms with Crippen molar-refractivity contribution in [1.82, 2.24) is 0 Å². The molecule has 0 fully saturated rings. The van der Waals surface area contributed by atoms with Gasteiger partial charge in [-0.2, -0.15) is 0 Å². The lowest BCUT2D eigenvalue weighted by molar-refractivity contribution is 0.669. The third-order valence-electron chi connectivity index (χ3n) is 12.7. The molecule has 1 aromatic heterocycles. The summed E-state index contributed by atoms with van der Waals surface area (Å²) in [5.41, 5.74) is 16.6. The molecular formula is C62H41NO. The minimum absolute atomic E-state index is 0.892. The van der Waals surface area contributed by atoms with E-state index in [1.807, 2.05) is 12.1 Å². The van der Waals surface area contributed by atoms with E-state index in [2.05, 4.69) is 241 Å². The van der Waals surface area contributed by atoms with Crippen LogP contribution in [-0.4, -0.2) is 0 Å². The molecule has 0 N–H and O–H groups in total. The normalized spacial score (nSPS) is 11.4. The summed E-state index contributed by atoms with van der Waals surface area (Å²) >= 11 is 0. The van der Waals surface area contributed by atoms with Gasteiger partial charge in [-0.15, -0.1) is 0 Å². The molecule has 11 aromatic carbocycles. The van der Waals surface area contributed by atoms with Crippen molar-refractivity contribution in [3.05, 3.63) is 249 Å². The van der Waals surface area contributed by atoms with E-state index in [0.29, 0.717) is 0 Å². The van der Waals surface area contributed by atoms with Crippen LogP contribution in [0.15, 0.2) is 253 Å². The lowest BCUT2D eigenvalue weighted by Gasteiger charge is -2.30. The predicted molar refractivity (Wildman–Crippen MR) is 271 cm³/mol. The maximum absolute atomic E-state index is 6.31. The van der Waals surface area contributed by atoms with Crippen molar-refractivity contribution >= 4 is 60.5 Å². The van der Waals surface area contributed by atoms with E-state index in [-0.39, 0.29) is 0 Å². The summed E-state index contributed by atoms with van der Waals surface area (Å²) in [6.07, 6.45) is 0. The Labute approximate surface area is 372 Å². The lowest BCUT2D eigenvalue weighted by atomic mass is 9.87. The van der Waals surface area contributed by atoms with Crippen molar-refractivity contribution in [3.8, 4) is 55.6 Å². The molecule has 0 spiro atoms. The molecule has 300 valence electrons. The molecule has 0 amide bonds. The summed E-state index contributed by atoms with van der Waals surface area (Å²) in [6, 6.07) is 89.8. The SMILES string of the molecule is c1ccc(-c2ccccc2-c2c(-c3ccccc3)cccc2N(c2ccc(-c3ccc4c(ccc5ccccc54)c3)cc2)c2ccc(-c3ccc4c(c3)oc3ccccc34)cc2)cc1. The van der Waals surface area contributed by atoms with Gasteiger partial charge in [0.05, 0.1) is 5.69 Å². The summed E-state index contributed by atoms with van der Waals surface area (Å²) in [5, 5.41) is 7.31. The minimum atomic E-state index is 0.892. The molecule has 2 nitrogen and oxygen atoms in total. The van der Waals surface area contributed by atoms with E-state index in [1.54, 1.807) is 0 Å². The van der Waals surface area contributed by atoms with Crippen LogP contribution in [0.4, 0.5) is 17.1 Å². The Kier molecular flexibility index (Phi) is 9.20. The first-order valence-electron chi connectivity index (χ1n) is 21.9. The average molecular weight is 816 g/mol. The van der Waals surface area contributed by atoms with E-state index >= 15 is 0 Å². The number of para-hydroxylation sites is 1. The Hall–Kier alpha value is -8.46. The van der Waals surface area contributed by atoms with Crippen LogP contribution in [0.3, 0.4) is 0 Å². The van der Waals surface area contributed by atoms with Gasteiger partial charge in [0.15, 0.2) is 0 Å². The molecular weight excluding hydrogens is 775 g/mol. The standard InChI is InChI=1S/C62H41NO/c1-3-14-44(15-4-1)53-20-9-10-22-58(53)62-55(45-16-5-2-6-17-45)23-13-24-59(62)63(51-36-30-43(31-37-51)48-33-39-57-56-21-11-12-25-60(56)64-61(57)41-48)50-34-28-42(29-35-50)47-32-38-54-49(40-47)27-26-46-18-7-8-19-52(46)54/h1-41H. The van der Waals surface area contributed by atoms with Crippen LogP contribution >= 0.6 is 0 Å². The number of benzene rings is 11. The monoisotopic (exact) mass is 815 g/mol. The molecule has 0 saturated heterocycles. The van der Waals surface area contributed by atoms with Crippen LogP contribution < -0.4 is 4.90 Å². The number of rotatable bonds is 8. The smallest absolute Gasteiger partial charge is 0.136 e. The summed E-state index contributed by atoms with van der Waals surface area (Å²) in [4.78, 5) is 2.42. The first kappa shape index (κ1) is 37.3. The highest BCUT2D eigenvalue weighted by atomic mass is 16.3. The number of hydrogen-bond donors (Lipinski definition) is 0. The van der Waals surface area contributed by atoms with Crippen LogP contribution in [-0.2, 0) is 0 Å². The summed E-state index contributed by atoms with van der Waals surface area (Å²) in [5.74, 6) is 0. The van der Waals surface area contributed by atoms with Crippen LogP contribution in [0.25, 0.3) is 99.1 Å². The van der Waals surface area contributed by atoms with E-state index < -0.39 is 0 Å². The summed E-state index contributed by atoms with van der Waals surface area (Å²) in [7, 11) is 0. The van der Waals surface area contributed by atoms with Crippen LogP contribution in [0.5, 0.6) is 0 Å². The number of fused-ring (bicyclic) bond motifs is 6. The molecule has 64 heavy (non-hydrogen) atoms. The fourth-order valence-corrected chi connectivity index (χ4v) is 9.57. The number of hydrogen-bond acceptors (Lipinski definition) is 2. The Morgan fingerprint density at radius 1 is 0.266 bits per heavy atom. The van der Waals surface area contributed by atoms with Gasteiger partial charge in [-0.25, -0.2) is 0 Å². The maximum Gasteiger partial charge on any atom is 0.136 e. The molecule has 0 radical (unpaired) electrons. The van der Waals surface area contributed by atoms with Crippen molar-refractivity contribution in [2.75, 3.05) is 4.90 Å². The van der Waals surface area contributed by atoms with Crippen molar-refractivity contribution in [2.24, 2.45) is 0 Å². The van der Waals surface area contributed by atoms with Gasteiger partial charge in [0.25, 0.3) is 0 Å². The Bertz CT molecular complexity index is 3640. The van der Waals surface area contributed by atoms with Crippen LogP contribution in [0, 0.1) is 0 Å². The highest BCUT2D eigenvalue weighted by Gasteiger charge is 2.23. The van der Waals surface area contributed by atoms with E-state index in [4.69, 9.17) is 4.42 Å². The molecule has 0 atom stereocenters. The zero-order chi connectivity index (χ0) is 42.4. The summed E-state index contributed by atoms with van der Waals surface area (Å²) < 4.78 is 6.31. The second kappa shape index (κ2) is 15.8. The highest BCUT2D eigenvalue weighted by molar-refractivity contribution is 6.09. The second-order valence-electron chi connectivity index (χ2n) is 16.4.